The average Bonchev–Trinajstić information content (AvgIpc) is 2.45. The van der Waals surface area contributed by atoms with Gasteiger partial charge in [0.05, 0.1) is 10.9 Å². The van der Waals surface area contributed by atoms with Crippen LogP contribution in [0, 0.1) is 0 Å². The summed E-state index contributed by atoms with van der Waals surface area (Å²) in [5, 5.41) is 1.67. The van der Waals surface area contributed by atoms with Gasteiger partial charge < -0.3 is 4.84 Å². The van der Waals surface area contributed by atoms with Crippen LogP contribution in [-0.2, 0) is 9.63 Å². The van der Waals surface area contributed by atoms with Crippen molar-refractivity contribution in [2.45, 2.75) is 44.1 Å². The summed E-state index contributed by atoms with van der Waals surface area (Å²) in [5.74, 6) is 0.572. The van der Waals surface area contributed by atoms with Gasteiger partial charge in [-0.1, -0.05) is 33.9 Å². The molecule has 0 spiro atoms. The molecule has 3 nitrogen and oxygen atoms in total. The maximum absolute atomic E-state index is 12.0. The number of thioether (sulfide) groups is 1. The Morgan fingerprint density at radius 1 is 1.69 bits per heavy atom. The Kier molecular flexibility index (Phi) is 4.47. The number of carbonyl (C=O) groups is 1. The van der Waals surface area contributed by atoms with Gasteiger partial charge in [-0.05, 0) is 5.25 Å². The van der Waals surface area contributed by atoms with Crippen LogP contribution in [0.4, 0.5) is 0 Å². The monoisotopic (exact) mass is 241 g/mol. The lowest BCUT2D eigenvalue weighted by molar-refractivity contribution is -0.156. The molecule has 1 saturated heterocycles. The van der Waals surface area contributed by atoms with Gasteiger partial charge in [-0.15, -0.1) is 16.8 Å². The second kappa shape index (κ2) is 5.43. The molecular formula is C12H19NO2S. The van der Waals surface area contributed by atoms with E-state index >= 15 is 0 Å². The minimum absolute atomic E-state index is 0.0155. The molecule has 0 N–H and O–H groups in total. The van der Waals surface area contributed by atoms with Gasteiger partial charge in [-0.2, -0.15) is 0 Å². The normalized spacial score (nSPS) is 20.8. The number of hydrogen-bond acceptors (Lipinski definition) is 3. The molecule has 1 rings (SSSR count). The molecular weight excluding hydrogens is 222 g/mol. The summed E-state index contributed by atoms with van der Waals surface area (Å²) in [7, 11) is 0. The number of amides is 1. The third kappa shape index (κ3) is 3.04. The standard InChI is InChI=1S/C12H19NO2S/c1-6-10(5)15-13-9(4)7-11(12(13)14)16-8(2)3/h8,11H,4-7H2,1-3H3. The van der Waals surface area contributed by atoms with Crippen molar-refractivity contribution in [3.05, 3.63) is 24.6 Å². The van der Waals surface area contributed by atoms with Crippen LogP contribution in [0.3, 0.4) is 0 Å². The highest BCUT2D eigenvalue weighted by Crippen LogP contribution is 2.33. The lowest BCUT2D eigenvalue weighted by atomic mass is 10.3. The molecule has 1 amide bonds. The van der Waals surface area contributed by atoms with Crippen LogP contribution in [0.5, 0.6) is 0 Å². The van der Waals surface area contributed by atoms with Crippen molar-refractivity contribution in [1.29, 1.82) is 0 Å². The Hall–Kier alpha value is -0.900. The molecule has 0 aromatic heterocycles. The predicted octanol–water partition coefficient (Wildman–Crippen LogP) is 3.10. The number of hydroxylamine groups is 2. The molecule has 1 heterocycles. The van der Waals surface area contributed by atoms with E-state index in [9.17, 15) is 4.79 Å². The van der Waals surface area contributed by atoms with Crippen LogP contribution < -0.4 is 0 Å². The van der Waals surface area contributed by atoms with E-state index in [1.165, 1.54) is 5.06 Å². The SMILES string of the molecule is C=C(CC)ON1C(=C)CC(SC(C)C)C1=O. The van der Waals surface area contributed by atoms with Crippen LogP contribution in [0.15, 0.2) is 24.6 Å². The van der Waals surface area contributed by atoms with E-state index in [-0.39, 0.29) is 11.2 Å². The second-order valence-electron chi connectivity index (χ2n) is 4.06. The lowest BCUT2D eigenvalue weighted by Crippen LogP contribution is -2.27. The van der Waals surface area contributed by atoms with Crippen molar-refractivity contribution in [1.82, 2.24) is 5.06 Å². The first-order valence-corrected chi connectivity index (χ1v) is 6.43. The number of rotatable bonds is 5. The minimum atomic E-state index is -0.0582. The third-order valence-corrected chi connectivity index (χ3v) is 3.48. The molecule has 4 heteroatoms. The van der Waals surface area contributed by atoms with Crippen molar-refractivity contribution in [2.75, 3.05) is 0 Å². The van der Waals surface area contributed by atoms with Gasteiger partial charge in [0.1, 0.15) is 5.76 Å². The second-order valence-corrected chi connectivity index (χ2v) is 5.84. The van der Waals surface area contributed by atoms with E-state index in [2.05, 4.69) is 27.0 Å². The van der Waals surface area contributed by atoms with Gasteiger partial charge in [0.25, 0.3) is 5.91 Å². The molecule has 0 aromatic carbocycles. The zero-order chi connectivity index (χ0) is 12.3. The molecule has 1 fully saturated rings. The molecule has 16 heavy (non-hydrogen) atoms. The summed E-state index contributed by atoms with van der Waals surface area (Å²) in [6.07, 6.45) is 1.36. The number of nitrogens with zero attached hydrogens (tertiary/aromatic N) is 1. The summed E-state index contributed by atoms with van der Waals surface area (Å²) >= 11 is 1.65. The van der Waals surface area contributed by atoms with E-state index in [1.807, 2.05) is 6.92 Å². The lowest BCUT2D eigenvalue weighted by Gasteiger charge is -2.18. The Morgan fingerprint density at radius 3 is 2.81 bits per heavy atom. The molecule has 0 aliphatic carbocycles. The number of allylic oxidation sites excluding steroid dienone is 2. The van der Waals surface area contributed by atoms with Crippen LogP contribution >= 0.6 is 11.8 Å². The fourth-order valence-electron chi connectivity index (χ4n) is 1.41. The van der Waals surface area contributed by atoms with Crippen LogP contribution in [0.1, 0.15) is 33.6 Å². The van der Waals surface area contributed by atoms with E-state index in [0.717, 1.165) is 5.70 Å². The molecule has 0 saturated carbocycles. The van der Waals surface area contributed by atoms with Crippen LogP contribution in [0.25, 0.3) is 0 Å². The summed E-state index contributed by atoms with van der Waals surface area (Å²) in [4.78, 5) is 17.4. The van der Waals surface area contributed by atoms with E-state index in [4.69, 9.17) is 4.84 Å². The van der Waals surface area contributed by atoms with Crippen molar-refractivity contribution in [2.24, 2.45) is 0 Å². The quantitative estimate of drug-likeness (QED) is 0.693. The highest BCUT2D eigenvalue weighted by molar-refractivity contribution is 8.01. The molecule has 1 aliphatic rings. The average molecular weight is 241 g/mol. The topological polar surface area (TPSA) is 29.5 Å². The maximum Gasteiger partial charge on any atom is 0.273 e. The summed E-state index contributed by atoms with van der Waals surface area (Å²) < 4.78 is 0. The van der Waals surface area contributed by atoms with Crippen LogP contribution in [-0.4, -0.2) is 21.5 Å². The molecule has 90 valence electrons. The highest BCUT2D eigenvalue weighted by atomic mass is 32.2. The van der Waals surface area contributed by atoms with Gasteiger partial charge in [0, 0.05) is 12.8 Å². The summed E-state index contributed by atoms with van der Waals surface area (Å²) in [5.41, 5.74) is 0.720. The van der Waals surface area contributed by atoms with Crippen molar-refractivity contribution in [3.63, 3.8) is 0 Å². The molecule has 0 bridgehead atoms. The third-order valence-electron chi connectivity index (χ3n) is 2.23. The zero-order valence-corrected chi connectivity index (χ0v) is 11.0. The van der Waals surface area contributed by atoms with Crippen molar-refractivity contribution in [3.8, 4) is 0 Å². The Labute approximate surface area is 101 Å². The minimum Gasteiger partial charge on any atom is -0.377 e. The van der Waals surface area contributed by atoms with Gasteiger partial charge in [0.15, 0.2) is 0 Å². The molecule has 1 aliphatic heterocycles. The largest absolute Gasteiger partial charge is 0.377 e. The Morgan fingerprint density at radius 2 is 2.31 bits per heavy atom. The van der Waals surface area contributed by atoms with E-state index in [0.29, 0.717) is 23.9 Å². The predicted molar refractivity (Wildman–Crippen MR) is 67.6 cm³/mol. The maximum atomic E-state index is 12.0. The summed E-state index contributed by atoms with van der Waals surface area (Å²) in [6, 6.07) is 0. The van der Waals surface area contributed by atoms with Gasteiger partial charge in [-0.25, -0.2) is 0 Å². The Bertz CT molecular complexity index is 312. The van der Waals surface area contributed by atoms with Crippen molar-refractivity contribution < 1.29 is 9.63 Å². The highest BCUT2D eigenvalue weighted by Gasteiger charge is 2.37. The molecule has 1 atom stereocenters. The fraction of sp³-hybridized carbons (Fsp3) is 0.583. The first kappa shape index (κ1) is 13.2. The number of carbonyl (C=O) groups excluding carboxylic acids is 1. The van der Waals surface area contributed by atoms with Crippen LogP contribution in [0.2, 0.25) is 0 Å². The fourth-order valence-corrected chi connectivity index (χ4v) is 2.57. The Balaban J connectivity index is 2.64. The van der Waals surface area contributed by atoms with E-state index < -0.39 is 0 Å². The smallest absolute Gasteiger partial charge is 0.273 e. The van der Waals surface area contributed by atoms with Gasteiger partial charge >= 0.3 is 0 Å². The first-order valence-electron chi connectivity index (χ1n) is 5.48. The van der Waals surface area contributed by atoms with Gasteiger partial charge in [-0.3, -0.25) is 4.79 Å². The van der Waals surface area contributed by atoms with E-state index in [1.54, 1.807) is 11.8 Å². The zero-order valence-electron chi connectivity index (χ0n) is 10.2. The molecule has 0 aromatic rings. The summed E-state index contributed by atoms with van der Waals surface area (Å²) in [6.45, 7) is 13.7. The first-order chi connectivity index (χ1) is 7.45. The molecule has 0 radical (unpaired) electrons. The van der Waals surface area contributed by atoms with Gasteiger partial charge in [0.2, 0.25) is 0 Å². The number of hydrogen-bond donors (Lipinski definition) is 0. The van der Waals surface area contributed by atoms with Crippen molar-refractivity contribution >= 4 is 17.7 Å². The molecule has 1 unspecified atom stereocenters.